The van der Waals surface area contributed by atoms with Gasteiger partial charge in [-0.3, -0.25) is 4.57 Å². The number of nitrogens with zero attached hydrogens (tertiary/aromatic N) is 2. The van der Waals surface area contributed by atoms with Crippen molar-refractivity contribution in [3.8, 4) is 5.75 Å². The number of imidazole rings is 1. The highest BCUT2D eigenvalue weighted by Crippen LogP contribution is 2.20. The van der Waals surface area contributed by atoms with Crippen LogP contribution in [0, 0.1) is 0 Å². The lowest BCUT2D eigenvalue weighted by Gasteiger charge is -2.14. The van der Waals surface area contributed by atoms with Crippen LogP contribution in [-0.2, 0) is 13.2 Å². The molecule has 0 radical (unpaired) electrons. The third kappa shape index (κ3) is 4.26. The topological polar surface area (TPSA) is 39.1 Å². The number of alkyl halides is 2. The second kappa shape index (κ2) is 7.17. The van der Waals surface area contributed by atoms with Gasteiger partial charge in [0.25, 0.3) is 0 Å². The van der Waals surface area contributed by atoms with E-state index in [1.807, 2.05) is 24.3 Å². The van der Waals surface area contributed by atoms with Crippen molar-refractivity contribution in [2.24, 2.45) is 0 Å². The van der Waals surface area contributed by atoms with E-state index in [0.29, 0.717) is 18.3 Å². The van der Waals surface area contributed by atoms with Crippen molar-refractivity contribution in [3.05, 3.63) is 48.0 Å². The van der Waals surface area contributed by atoms with Crippen LogP contribution in [0.5, 0.6) is 5.75 Å². The van der Waals surface area contributed by atoms with Gasteiger partial charge in [0.05, 0.1) is 0 Å². The zero-order valence-electron chi connectivity index (χ0n) is 12.1. The quantitative estimate of drug-likeness (QED) is 0.851. The molecule has 1 N–H and O–H groups in total. The van der Waals surface area contributed by atoms with Gasteiger partial charge in [0.15, 0.2) is 5.82 Å². The predicted octanol–water partition coefficient (Wildman–Crippen LogP) is 3.36. The maximum absolute atomic E-state index is 12.7. The fourth-order valence-electron chi connectivity index (χ4n) is 1.88. The summed E-state index contributed by atoms with van der Waals surface area (Å²) in [6.07, 6.45) is 2.59. The molecule has 2 aromatic rings. The van der Waals surface area contributed by atoms with Crippen LogP contribution in [0.3, 0.4) is 0 Å². The van der Waals surface area contributed by atoms with Gasteiger partial charge in [-0.05, 0) is 6.07 Å². The van der Waals surface area contributed by atoms with Gasteiger partial charge < -0.3 is 10.1 Å². The standard InChI is InChI=1S/C15H19F2N3O/c1-11(2)19-9-12-5-3-4-6-13(12)21-10-14-18-7-8-20(14)15(16)17/h3-8,11,15,19H,9-10H2,1-2H3. The third-order valence-electron chi connectivity index (χ3n) is 2.99. The number of para-hydroxylation sites is 1. The molecule has 0 unspecified atom stereocenters. The highest BCUT2D eigenvalue weighted by molar-refractivity contribution is 5.33. The molecule has 0 aliphatic rings. The Bertz CT molecular complexity index is 570. The third-order valence-corrected chi connectivity index (χ3v) is 2.99. The van der Waals surface area contributed by atoms with Gasteiger partial charge >= 0.3 is 6.55 Å². The minimum atomic E-state index is -2.61. The summed E-state index contributed by atoms with van der Waals surface area (Å²) in [7, 11) is 0. The highest BCUT2D eigenvalue weighted by Gasteiger charge is 2.12. The lowest BCUT2D eigenvalue weighted by molar-refractivity contribution is 0.0632. The molecule has 1 heterocycles. The SMILES string of the molecule is CC(C)NCc1ccccc1OCc1nccn1C(F)F. The van der Waals surface area contributed by atoms with Gasteiger partial charge in [0, 0.05) is 30.5 Å². The fraction of sp³-hybridized carbons (Fsp3) is 0.400. The molecule has 114 valence electrons. The molecule has 0 fully saturated rings. The first-order valence-electron chi connectivity index (χ1n) is 6.82. The molecule has 0 atom stereocenters. The first-order chi connectivity index (χ1) is 10.1. The Morgan fingerprint density at radius 2 is 2.05 bits per heavy atom. The average Bonchev–Trinajstić information content (AvgIpc) is 2.92. The molecule has 6 heteroatoms. The number of nitrogens with one attached hydrogen (secondary N) is 1. The molecule has 21 heavy (non-hydrogen) atoms. The van der Waals surface area contributed by atoms with Gasteiger partial charge in [-0.25, -0.2) is 4.98 Å². The molecule has 4 nitrogen and oxygen atoms in total. The molecule has 0 aliphatic heterocycles. The molecule has 2 rings (SSSR count). The number of hydrogen-bond donors (Lipinski definition) is 1. The average molecular weight is 295 g/mol. The smallest absolute Gasteiger partial charge is 0.320 e. The Morgan fingerprint density at radius 1 is 1.29 bits per heavy atom. The van der Waals surface area contributed by atoms with Crippen LogP contribution in [0.25, 0.3) is 0 Å². The minimum absolute atomic E-state index is 0.00995. The Morgan fingerprint density at radius 3 is 2.76 bits per heavy atom. The zero-order chi connectivity index (χ0) is 15.2. The van der Waals surface area contributed by atoms with E-state index in [1.54, 1.807) is 0 Å². The molecule has 0 saturated carbocycles. The molecule has 1 aromatic heterocycles. The van der Waals surface area contributed by atoms with E-state index in [-0.39, 0.29) is 12.4 Å². The molecule has 0 bridgehead atoms. The lowest BCUT2D eigenvalue weighted by Crippen LogP contribution is -2.22. The van der Waals surface area contributed by atoms with Crippen LogP contribution in [0.1, 0.15) is 31.8 Å². The number of ether oxygens (including phenoxy) is 1. The normalized spacial score (nSPS) is 11.3. The fourth-order valence-corrected chi connectivity index (χ4v) is 1.88. The summed E-state index contributed by atoms with van der Waals surface area (Å²) in [5.74, 6) is 0.881. The maximum atomic E-state index is 12.7. The minimum Gasteiger partial charge on any atom is -0.485 e. The molecular weight excluding hydrogens is 276 g/mol. The molecule has 1 aromatic carbocycles. The van der Waals surface area contributed by atoms with E-state index < -0.39 is 6.55 Å². The van der Waals surface area contributed by atoms with Gasteiger partial charge in [-0.1, -0.05) is 32.0 Å². The van der Waals surface area contributed by atoms with Crippen LogP contribution in [0.15, 0.2) is 36.7 Å². The lowest BCUT2D eigenvalue weighted by atomic mass is 10.2. The van der Waals surface area contributed by atoms with E-state index in [0.717, 1.165) is 10.1 Å². The van der Waals surface area contributed by atoms with Crippen LogP contribution in [0.2, 0.25) is 0 Å². The van der Waals surface area contributed by atoms with E-state index >= 15 is 0 Å². The van der Waals surface area contributed by atoms with Crippen molar-refractivity contribution in [3.63, 3.8) is 0 Å². The van der Waals surface area contributed by atoms with E-state index in [9.17, 15) is 8.78 Å². The monoisotopic (exact) mass is 295 g/mol. The van der Waals surface area contributed by atoms with Gasteiger partial charge in [-0.2, -0.15) is 8.78 Å². The summed E-state index contributed by atoms with van der Waals surface area (Å²) in [6.45, 7) is 2.18. The number of aromatic nitrogens is 2. The van der Waals surface area contributed by atoms with Crippen LogP contribution in [-0.4, -0.2) is 15.6 Å². The number of rotatable bonds is 7. The summed E-state index contributed by atoms with van der Waals surface area (Å²) >= 11 is 0. The van der Waals surface area contributed by atoms with E-state index in [2.05, 4.69) is 24.1 Å². The van der Waals surface area contributed by atoms with Gasteiger partial charge in [0.2, 0.25) is 0 Å². The summed E-state index contributed by atoms with van der Waals surface area (Å²) in [5.41, 5.74) is 0.987. The Balaban J connectivity index is 2.04. The highest BCUT2D eigenvalue weighted by atomic mass is 19.3. The second-order valence-electron chi connectivity index (χ2n) is 4.96. The van der Waals surface area contributed by atoms with E-state index in [4.69, 9.17) is 4.74 Å². The molecule has 0 amide bonds. The van der Waals surface area contributed by atoms with Crippen LogP contribution >= 0.6 is 0 Å². The van der Waals surface area contributed by atoms with Crippen molar-refractivity contribution in [2.75, 3.05) is 0 Å². The summed E-state index contributed by atoms with van der Waals surface area (Å²) < 4.78 is 31.9. The zero-order valence-corrected chi connectivity index (χ0v) is 12.1. The van der Waals surface area contributed by atoms with Gasteiger partial charge in [0.1, 0.15) is 12.4 Å². The van der Waals surface area contributed by atoms with Crippen LogP contribution in [0.4, 0.5) is 8.78 Å². The Kier molecular flexibility index (Phi) is 5.27. The molecular formula is C15H19F2N3O. The predicted molar refractivity (Wildman–Crippen MR) is 76.2 cm³/mol. The van der Waals surface area contributed by atoms with Crippen molar-refractivity contribution < 1.29 is 13.5 Å². The van der Waals surface area contributed by atoms with Crippen LogP contribution < -0.4 is 10.1 Å². The number of benzene rings is 1. The largest absolute Gasteiger partial charge is 0.485 e. The van der Waals surface area contributed by atoms with Crippen molar-refractivity contribution in [1.29, 1.82) is 0 Å². The molecule has 0 spiro atoms. The summed E-state index contributed by atoms with van der Waals surface area (Å²) in [5, 5.41) is 3.30. The number of halogens is 2. The first kappa shape index (κ1) is 15.4. The Labute approximate surface area is 122 Å². The van der Waals surface area contributed by atoms with Crippen molar-refractivity contribution in [1.82, 2.24) is 14.9 Å². The summed E-state index contributed by atoms with van der Waals surface area (Å²) in [6, 6.07) is 7.91. The van der Waals surface area contributed by atoms with Crippen molar-refractivity contribution >= 4 is 0 Å². The number of hydrogen-bond acceptors (Lipinski definition) is 3. The summed E-state index contributed by atoms with van der Waals surface area (Å²) in [4.78, 5) is 3.90. The van der Waals surface area contributed by atoms with E-state index in [1.165, 1.54) is 12.4 Å². The second-order valence-corrected chi connectivity index (χ2v) is 4.96. The molecule has 0 saturated heterocycles. The first-order valence-corrected chi connectivity index (χ1v) is 6.82. The van der Waals surface area contributed by atoms with Gasteiger partial charge in [-0.15, -0.1) is 0 Å². The maximum Gasteiger partial charge on any atom is 0.320 e. The van der Waals surface area contributed by atoms with Crippen molar-refractivity contribution in [2.45, 2.75) is 39.6 Å². The molecule has 0 aliphatic carbocycles. The Hall–Kier alpha value is -1.95.